The molecule has 13 heavy (non-hydrogen) atoms. The lowest BCUT2D eigenvalue weighted by atomic mass is 10.0. The second-order valence-electron chi connectivity index (χ2n) is 2.75. The first-order valence-electron chi connectivity index (χ1n) is 5.00. The molecule has 0 unspecified atom stereocenters. The molecule has 1 rings (SSSR count). The summed E-state index contributed by atoms with van der Waals surface area (Å²) in [4.78, 5) is 0. The number of hydrogen-bond acceptors (Lipinski definition) is 0. The van der Waals surface area contributed by atoms with E-state index in [4.69, 9.17) is 0 Å². The van der Waals surface area contributed by atoms with E-state index in [9.17, 15) is 0 Å². The zero-order chi connectivity index (χ0) is 10.1. The van der Waals surface area contributed by atoms with Gasteiger partial charge in [0, 0.05) is 0 Å². The highest BCUT2D eigenvalue weighted by atomic mass is 14.0. The summed E-state index contributed by atoms with van der Waals surface area (Å²) in [7, 11) is 0. The summed E-state index contributed by atoms with van der Waals surface area (Å²) >= 11 is 0. The van der Waals surface area contributed by atoms with E-state index in [1.165, 1.54) is 11.1 Å². The third-order valence-corrected chi connectivity index (χ3v) is 1.88. The molecule has 0 aliphatic carbocycles. The van der Waals surface area contributed by atoms with Gasteiger partial charge in [0.1, 0.15) is 0 Å². The summed E-state index contributed by atoms with van der Waals surface area (Å²) in [5.74, 6) is 0. The monoisotopic (exact) mass is 176 g/mol. The Bertz CT molecular complexity index is 236. The average molecular weight is 176 g/mol. The van der Waals surface area contributed by atoms with Gasteiger partial charge in [-0.2, -0.15) is 0 Å². The van der Waals surface area contributed by atoms with Crippen LogP contribution in [0.1, 0.15) is 31.4 Å². The van der Waals surface area contributed by atoms with Crippen LogP contribution in [0.25, 0.3) is 0 Å². The lowest BCUT2D eigenvalue weighted by Crippen LogP contribution is -1.86. The Kier molecular flexibility index (Phi) is 6.99. The Morgan fingerprint density at radius 2 is 1.85 bits per heavy atom. The van der Waals surface area contributed by atoms with E-state index in [0.29, 0.717) is 0 Å². The van der Waals surface area contributed by atoms with Crippen molar-refractivity contribution in [1.82, 2.24) is 0 Å². The first-order valence-corrected chi connectivity index (χ1v) is 5.00. The van der Waals surface area contributed by atoms with Gasteiger partial charge in [-0.3, -0.25) is 0 Å². The molecule has 0 fully saturated rings. The van der Waals surface area contributed by atoms with Crippen LogP contribution in [0, 0.1) is 6.92 Å². The minimum Gasteiger partial charge on any atom is -0.103 e. The number of rotatable bonds is 3. The highest BCUT2D eigenvalue weighted by Gasteiger charge is 1.93. The molecule has 0 nitrogen and oxygen atoms in total. The zero-order valence-electron chi connectivity index (χ0n) is 9.01. The van der Waals surface area contributed by atoms with Gasteiger partial charge in [0.25, 0.3) is 0 Å². The molecule has 0 spiro atoms. The molecular formula is C13H20. The van der Waals surface area contributed by atoms with Crippen molar-refractivity contribution in [3.05, 3.63) is 48.0 Å². The molecule has 0 bridgehead atoms. The van der Waals surface area contributed by atoms with Crippen LogP contribution < -0.4 is 0 Å². The summed E-state index contributed by atoms with van der Waals surface area (Å²) < 4.78 is 0. The summed E-state index contributed by atoms with van der Waals surface area (Å²) in [5, 5.41) is 0. The lowest BCUT2D eigenvalue weighted by Gasteiger charge is -2.01. The Morgan fingerprint density at radius 1 is 1.23 bits per heavy atom. The molecule has 0 aliphatic rings. The third kappa shape index (κ3) is 4.51. The summed E-state index contributed by atoms with van der Waals surface area (Å²) in [5.41, 5.74) is 2.82. The Labute approximate surface area is 82.3 Å². The molecule has 0 saturated heterocycles. The van der Waals surface area contributed by atoms with Gasteiger partial charge in [0.05, 0.1) is 0 Å². The third-order valence-electron chi connectivity index (χ3n) is 1.88. The van der Waals surface area contributed by atoms with Crippen LogP contribution in [0.5, 0.6) is 0 Å². The summed E-state index contributed by atoms with van der Waals surface area (Å²) in [6.07, 6.45) is 4.16. The summed E-state index contributed by atoms with van der Waals surface area (Å²) in [6.45, 7) is 9.86. The molecule has 0 radical (unpaired) electrons. The van der Waals surface area contributed by atoms with E-state index in [1.54, 1.807) is 0 Å². The Balaban J connectivity index is 0.000000671. The van der Waals surface area contributed by atoms with Gasteiger partial charge in [-0.25, -0.2) is 0 Å². The maximum Gasteiger partial charge on any atom is -0.0242 e. The Hall–Kier alpha value is -1.04. The van der Waals surface area contributed by atoms with E-state index >= 15 is 0 Å². The number of aryl methyl sites for hydroxylation is 2. The highest BCUT2D eigenvalue weighted by molar-refractivity contribution is 5.25. The number of benzene rings is 1. The predicted octanol–water partition coefficient (Wildman–Crippen LogP) is 4.14. The van der Waals surface area contributed by atoms with Gasteiger partial charge in [0.2, 0.25) is 0 Å². The molecular weight excluding hydrogens is 156 g/mol. The van der Waals surface area contributed by atoms with Gasteiger partial charge in [0.15, 0.2) is 0 Å². The molecule has 1 aromatic carbocycles. The first-order chi connectivity index (χ1) is 6.34. The molecule has 0 heteroatoms. The molecule has 0 N–H and O–H groups in total. The quantitative estimate of drug-likeness (QED) is 0.607. The van der Waals surface area contributed by atoms with Crippen molar-refractivity contribution < 1.29 is 0 Å². The van der Waals surface area contributed by atoms with Crippen molar-refractivity contribution in [3.8, 4) is 0 Å². The maximum atomic E-state index is 3.71. The molecule has 0 heterocycles. The van der Waals surface area contributed by atoms with Gasteiger partial charge < -0.3 is 0 Å². The van der Waals surface area contributed by atoms with E-state index in [1.807, 2.05) is 19.9 Å². The molecule has 0 aromatic heterocycles. The minimum absolute atomic E-state index is 1.07. The fourth-order valence-corrected chi connectivity index (χ4v) is 1.15. The first kappa shape index (κ1) is 12.0. The van der Waals surface area contributed by atoms with E-state index in [2.05, 4.69) is 37.8 Å². The van der Waals surface area contributed by atoms with Crippen molar-refractivity contribution in [1.29, 1.82) is 0 Å². The van der Waals surface area contributed by atoms with Crippen LogP contribution in [-0.2, 0) is 6.42 Å². The molecule has 0 aliphatic heterocycles. The van der Waals surface area contributed by atoms with Crippen LogP contribution in [0.15, 0.2) is 36.9 Å². The smallest absolute Gasteiger partial charge is 0.0242 e. The minimum atomic E-state index is 1.07. The van der Waals surface area contributed by atoms with E-state index in [-0.39, 0.29) is 0 Å². The van der Waals surface area contributed by atoms with Crippen molar-refractivity contribution >= 4 is 0 Å². The molecule has 1 aromatic rings. The van der Waals surface area contributed by atoms with Gasteiger partial charge >= 0.3 is 0 Å². The van der Waals surface area contributed by atoms with Crippen LogP contribution in [0.3, 0.4) is 0 Å². The fraction of sp³-hybridized carbons (Fsp3) is 0.385. The van der Waals surface area contributed by atoms with Gasteiger partial charge in [-0.15, -0.1) is 6.58 Å². The number of hydrogen-bond donors (Lipinski definition) is 0. The largest absolute Gasteiger partial charge is 0.103 e. The predicted molar refractivity (Wildman–Crippen MR) is 61.0 cm³/mol. The van der Waals surface area contributed by atoms with E-state index in [0.717, 1.165) is 12.8 Å². The SMILES string of the molecule is C=CCCc1ccccc1C.CC. The van der Waals surface area contributed by atoms with E-state index < -0.39 is 0 Å². The van der Waals surface area contributed by atoms with Crippen LogP contribution in [0.4, 0.5) is 0 Å². The van der Waals surface area contributed by atoms with Crippen molar-refractivity contribution in [2.75, 3.05) is 0 Å². The second kappa shape index (κ2) is 7.60. The topological polar surface area (TPSA) is 0 Å². The summed E-state index contributed by atoms with van der Waals surface area (Å²) in [6, 6.07) is 8.50. The molecule has 0 atom stereocenters. The van der Waals surface area contributed by atoms with Crippen molar-refractivity contribution in [2.24, 2.45) is 0 Å². The molecule has 72 valence electrons. The average Bonchev–Trinajstić information content (AvgIpc) is 2.20. The molecule has 0 amide bonds. The second-order valence-corrected chi connectivity index (χ2v) is 2.75. The Morgan fingerprint density at radius 3 is 2.38 bits per heavy atom. The van der Waals surface area contributed by atoms with Gasteiger partial charge in [-0.05, 0) is 30.9 Å². The zero-order valence-corrected chi connectivity index (χ0v) is 9.01. The van der Waals surface area contributed by atoms with Crippen LogP contribution >= 0.6 is 0 Å². The lowest BCUT2D eigenvalue weighted by molar-refractivity contribution is 0.990. The maximum absolute atomic E-state index is 3.71. The van der Waals surface area contributed by atoms with Crippen molar-refractivity contribution in [2.45, 2.75) is 33.6 Å². The highest BCUT2D eigenvalue weighted by Crippen LogP contribution is 2.08. The van der Waals surface area contributed by atoms with Crippen LogP contribution in [0.2, 0.25) is 0 Å². The fourth-order valence-electron chi connectivity index (χ4n) is 1.15. The molecule has 0 saturated carbocycles. The standard InChI is InChI=1S/C11H14.C2H6/c1-3-4-8-11-9-6-5-7-10(11)2;1-2/h3,5-7,9H,1,4,8H2,2H3;1-2H3. The normalized spacial score (nSPS) is 8.54. The number of allylic oxidation sites excluding steroid dienone is 1. The van der Waals surface area contributed by atoms with Crippen LogP contribution in [-0.4, -0.2) is 0 Å². The van der Waals surface area contributed by atoms with Gasteiger partial charge in [-0.1, -0.05) is 44.2 Å². The van der Waals surface area contributed by atoms with Crippen molar-refractivity contribution in [3.63, 3.8) is 0 Å².